The Morgan fingerprint density at radius 1 is 1.03 bits per heavy atom. The number of hydrogen-bond donors (Lipinski definition) is 0. The van der Waals surface area contributed by atoms with Crippen LogP contribution in [0.2, 0.25) is 5.02 Å². The summed E-state index contributed by atoms with van der Waals surface area (Å²) in [5, 5.41) is 0.672. The summed E-state index contributed by atoms with van der Waals surface area (Å²) in [6.45, 7) is 12.9. The first kappa shape index (κ1) is 25.8. The Morgan fingerprint density at radius 2 is 1.65 bits per heavy atom. The number of hydrogen-bond acceptors (Lipinski definition) is 3. The fraction of sp³-hybridized carbons (Fsp3) is 0.296. The molecule has 1 aliphatic heterocycles. The maximum atomic E-state index is 13.1. The Kier molecular flexibility index (Phi) is 9.54. The van der Waals surface area contributed by atoms with Crippen LogP contribution < -0.4 is 4.31 Å². The van der Waals surface area contributed by atoms with E-state index in [9.17, 15) is 9.00 Å². The van der Waals surface area contributed by atoms with Crippen molar-refractivity contribution in [2.75, 3.05) is 36.2 Å². The Labute approximate surface area is 210 Å². The molecule has 0 aromatic heterocycles. The lowest BCUT2D eigenvalue weighted by molar-refractivity contribution is 0.0672. The Balaban J connectivity index is 1.70. The highest BCUT2D eigenvalue weighted by atomic mass is 35.5. The summed E-state index contributed by atoms with van der Waals surface area (Å²) >= 11 is 6.01. The molecule has 7 heteroatoms. The number of rotatable bonds is 10. The maximum absolute atomic E-state index is 13.1. The number of anilines is 1. The van der Waals surface area contributed by atoms with Crippen LogP contribution in [0.15, 0.2) is 85.6 Å². The molecular weight excluding hydrogens is 466 g/mol. The second kappa shape index (κ2) is 12.6. The Hall–Kier alpha value is -2.83. The minimum Gasteiger partial charge on any atom is -0.368 e. The van der Waals surface area contributed by atoms with E-state index in [0.29, 0.717) is 36.0 Å². The summed E-state index contributed by atoms with van der Waals surface area (Å²) in [5.74, 6) is 0.587. The SMILES string of the molecule is C=C/C=C(\C=C)N1CCN(C(=O)c2ccc(N(Cc3ccc(Cl)cc3)S(=O)CCC)cc2)CC1. The molecule has 2 aromatic rings. The summed E-state index contributed by atoms with van der Waals surface area (Å²) < 4.78 is 14.8. The van der Waals surface area contributed by atoms with E-state index in [1.807, 2.05) is 76.8 Å². The summed E-state index contributed by atoms with van der Waals surface area (Å²) in [6, 6.07) is 15.0. The molecule has 3 rings (SSSR count). The van der Waals surface area contributed by atoms with E-state index in [4.69, 9.17) is 11.6 Å². The molecule has 0 N–H and O–H groups in total. The van der Waals surface area contributed by atoms with E-state index in [1.165, 1.54) is 0 Å². The van der Waals surface area contributed by atoms with Crippen LogP contribution in [0, 0.1) is 0 Å². The van der Waals surface area contributed by atoms with Crippen LogP contribution in [-0.4, -0.2) is 51.8 Å². The molecular formula is C27H32ClN3O2S. The third kappa shape index (κ3) is 6.61. The molecule has 2 aromatic carbocycles. The average molecular weight is 498 g/mol. The van der Waals surface area contributed by atoms with Crippen molar-refractivity contribution >= 4 is 34.2 Å². The largest absolute Gasteiger partial charge is 0.368 e. The van der Waals surface area contributed by atoms with Gasteiger partial charge in [0.2, 0.25) is 0 Å². The summed E-state index contributed by atoms with van der Waals surface area (Å²) in [6.07, 6.45) is 6.32. The van der Waals surface area contributed by atoms with Crippen LogP contribution in [0.4, 0.5) is 5.69 Å². The van der Waals surface area contributed by atoms with E-state index in [2.05, 4.69) is 18.1 Å². The fourth-order valence-corrected chi connectivity index (χ4v) is 5.21. The molecule has 0 radical (unpaired) electrons. The van der Waals surface area contributed by atoms with Gasteiger partial charge in [-0.15, -0.1) is 0 Å². The van der Waals surface area contributed by atoms with Crippen molar-refractivity contribution in [3.63, 3.8) is 0 Å². The zero-order valence-corrected chi connectivity index (χ0v) is 21.2. The van der Waals surface area contributed by atoms with Crippen LogP contribution in [0.3, 0.4) is 0 Å². The molecule has 0 bridgehead atoms. The molecule has 0 spiro atoms. The van der Waals surface area contributed by atoms with Gasteiger partial charge in [0, 0.05) is 53.9 Å². The third-order valence-electron chi connectivity index (χ3n) is 5.70. The van der Waals surface area contributed by atoms with Gasteiger partial charge in [0.05, 0.1) is 6.54 Å². The van der Waals surface area contributed by atoms with Gasteiger partial charge in [-0.05, 0) is 60.5 Å². The standard InChI is InChI=1S/C27H32ClN3O2S/c1-4-7-25(6-3)29-16-18-30(19-17-29)27(32)23-10-14-26(15-11-23)31(34(33)20-5-2)21-22-8-12-24(28)13-9-22/h4,6-15H,1,3,5,16-21H2,2H3/b25-7+. The van der Waals surface area contributed by atoms with Gasteiger partial charge in [-0.3, -0.25) is 9.10 Å². The molecule has 0 saturated carbocycles. The summed E-state index contributed by atoms with van der Waals surface area (Å²) in [5.41, 5.74) is 3.51. The smallest absolute Gasteiger partial charge is 0.253 e. The van der Waals surface area contributed by atoms with Crippen LogP contribution in [-0.2, 0) is 17.5 Å². The van der Waals surface area contributed by atoms with Gasteiger partial charge in [-0.2, -0.15) is 0 Å². The first-order valence-electron chi connectivity index (χ1n) is 11.5. The lowest BCUT2D eigenvalue weighted by atomic mass is 10.1. The van der Waals surface area contributed by atoms with E-state index in [1.54, 1.807) is 6.08 Å². The van der Waals surface area contributed by atoms with Gasteiger partial charge >= 0.3 is 0 Å². The van der Waals surface area contributed by atoms with Gasteiger partial charge in [0.15, 0.2) is 0 Å². The molecule has 1 amide bonds. The second-order valence-electron chi connectivity index (χ2n) is 8.05. The van der Waals surface area contributed by atoms with Crippen molar-refractivity contribution in [3.8, 4) is 0 Å². The van der Waals surface area contributed by atoms with Crippen molar-refractivity contribution < 1.29 is 9.00 Å². The third-order valence-corrected chi connectivity index (χ3v) is 7.54. The van der Waals surface area contributed by atoms with Gasteiger partial charge in [0.25, 0.3) is 5.91 Å². The molecule has 1 heterocycles. The number of nitrogens with zero attached hydrogens (tertiary/aromatic N) is 3. The van der Waals surface area contributed by atoms with Crippen LogP contribution >= 0.6 is 11.6 Å². The van der Waals surface area contributed by atoms with Gasteiger partial charge < -0.3 is 9.80 Å². The number of carbonyl (C=O) groups is 1. The lowest BCUT2D eigenvalue weighted by Gasteiger charge is -2.36. The number of allylic oxidation sites excluding steroid dienone is 3. The first-order valence-corrected chi connectivity index (χ1v) is 13.1. The van der Waals surface area contributed by atoms with Crippen LogP contribution in [0.5, 0.6) is 0 Å². The Morgan fingerprint density at radius 3 is 2.21 bits per heavy atom. The molecule has 5 nitrogen and oxygen atoms in total. The van der Waals surface area contributed by atoms with E-state index >= 15 is 0 Å². The summed E-state index contributed by atoms with van der Waals surface area (Å²) in [4.78, 5) is 17.2. The minimum absolute atomic E-state index is 0.0120. The monoisotopic (exact) mass is 497 g/mol. The molecule has 0 aliphatic carbocycles. The van der Waals surface area contributed by atoms with Gasteiger partial charge in [-0.1, -0.05) is 49.9 Å². The normalized spacial score (nSPS) is 15.1. The van der Waals surface area contributed by atoms with E-state index in [0.717, 1.165) is 36.5 Å². The Bertz CT molecular complexity index is 1040. The van der Waals surface area contributed by atoms with Crippen molar-refractivity contribution in [2.24, 2.45) is 0 Å². The van der Waals surface area contributed by atoms with Crippen molar-refractivity contribution in [1.82, 2.24) is 9.80 Å². The quantitative estimate of drug-likeness (QED) is 0.411. The second-order valence-corrected chi connectivity index (χ2v) is 9.97. The van der Waals surface area contributed by atoms with Crippen LogP contribution in [0.25, 0.3) is 0 Å². The minimum atomic E-state index is -1.17. The van der Waals surface area contributed by atoms with Crippen molar-refractivity contribution in [2.45, 2.75) is 19.9 Å². The van der Waals surface area contributed by atoms with Crippen molar-refractivity contribution in [3.05, 3.63) is 102 Å². The summed E-state index contributed by atoms with van der Waals surface area (Å²) in [7, 11) is -1.17. The lowest BCUT2D eigenvalue weighted by Crippen LogP contribution is -2.48. The van der Waals surface area contributed by atoms with E-state index in [-0.39, 0.29) is 5.91 Å². The zero-order valence-electron chi connectivity index (χ0n) is 19.7. The number of amides is 1. The number of carbonyl (C=O) groups excluding carboxylic acids is 1. The molecule has 34 heavy (non-hydrogen) atoms. The predicted molar refractivity (Wildman–Crippen MR) is 143 cm³/mol. The average Bonchev–Trinajstić information content (AvgIpc) is 2.87. The molecule has 1 unspecified atom stereocenters. The van der Waals surface area contributed by atoms with Gasteiger partial charge in [0.1, 0.15) is 11.0 Å². The highest BCUT2D eigenvalue weighted by molar-refractivity contribution is 7.86. The molecule has 1 fully saturated rings. The number of benzene rings is 2. The van der Waals surface area contributed by atoms with E-state index < -0.39 is 11.0 Å². The van der Waals surface area contributed by atoms with Crippen molar-refractivity contribution in [1.29, 1.82) is 0 Å². The fourth-order valence-electron chi connectivity index (χ4n) is 3.87. The van der Waals surface area contributed by atoms with Gasteiger partial charge in [-0.25, -0.2) is 4.21 Å². The molecule has 1 atom stereocenters. The molecule has 1 saturated heterocycles. The number of halogens is 1. The van der Waals surface area contributed by atoms with Crippen LogP contribution in [0.1, 0.15) is 29.3 Å². The highest BCUT2D eigenvalue weighted by Crippen LogP contribution is 2.23. The number of piperazine rings is 1. The molecule has 1 aliphatic rings. The topological polar surface area (TPSA) is 43.9 Å². The maximum Gasteiger partial charge on any atom is 0.253 e. The highest BCUT2D eigenvalue weighted by Gasteiger charge is 2.23. The molecule has 180 valence electrons. The first-order chi connectivity index (χ1) is 16.5. The zero-order chi connectivity index (χ0) is 24.5. The predicted octanol–water partition coefficient (Wildman–Crippen LogP) is 5.43.